The summed E-state index contributed by atoms with van der Waals surface area (Å²) in [6.07, 6.45) is 5.75. The Morgan fingerprint density at radius 1 is 1.15 bits per heavy atom. The molecule has 1 atom stereocenters. The zero-order valence-electron chi connectivity index (χ0n) is 23.2. The lowest BCUT2D eigenvalue weighted by Gasteiger charge is -2.46. The third kappa shape index (κ3) is 4.86. The van der Waals surface area contributed by atoms with Gasteiger partial charge in [-0.05, 0) is 75.8 Å². The smallest absolute Gasteiger partial charge is 0.417 e. The molecule has 41 heavy (non-hydrogen) atoms. The van der Waals surface area contributed by atoms with Crippen LogP contribution in [0.15, 0.2) is 51.8 Å². The van der Waals surface area contributed by atoms with Crippen molar-refractivity contribution in [2.24, 2.45) is 5.92 Å². The molecule has 1 amide bonds. The molecule has 2 aromatic carbocycles. The van der Waals surface area contributed by atoms with Crippen LogP contribution in [0.5, 0.6) is 5.75 Å². The van der Waals surface area contributed by atoms with E-state index in [0.717, 1.165) is 25.7 Å². The van der Waals surface area contributed by atoms with E-state index in [0.29, 0.717) is 63.8 Å². The molecule has 3 heterocycles. The van der Waals surface area contributed by atoms with Gasteiger partial charge in [0, 0.05) is 17.8 Å². The third-order valence-corrected chi connectivity index (χ3v) is 7.93. The Kier molecular flexibility index (Phi) is 6.83. The molecule has 2 aliphatic rings. The average Bonchev–Trinajstić information content (AvgIpc) is 3.34. The highest BCUT2D eigenvalue weighted by atomic mass is 16.5. The standard InChI is InChI=1S/C30H31N7O4/c1-4-40-25-12-10-22(13-19(25)15-31)37-24-16-32-29(33-20-7-11-23-26(14-20)41-30(39)34-23)35-27(24)36(18(3)28(37)38)21-8-5-17(2)6-9-21/h7,10-14,16-18,21H,4-6,8-9H2,1-3H3,(H,34,39)(H,32,33,35)/t17-,18-,21-/m1/s1. The van der Waals surface area contributed by atoms with Gasteiger partial charge < -0.3 is 19.4 Å². The number of ether oxygens (including phenoxy) is 1. The van der Waals surface area contributed by atoms with Gasteiger partial charge in [-0.3, -0.25) is 14.7 Å². The van der Waals surface area contributed by atoms with Crippen molar-refractivity contribution >= 4 is 45.8 Å². The average molecular weight is 554 g/mol. The first-order valence-corrected chi connectivity index (χ1v) is 13.9. The van der Waals surface area contributed by atoms with Crippen molar-refractivity contribution in [3.8, 4) is 11.8 Å². The molecule has 2 N–H and O–H groups in total. The number of nitrogens with one attached hydrogen (secondary N) is 2. The largest absolute Gasteiger partial charge is 0.492 e. The van der Waals surface area contributed by atoms with Gasteiger partial charge in [0.1, 0.15) is 23.5 Å². The van der Waals surface area contributed by atoms with E-state index in [9.17, 15) is 14.9 Å². The second-order valence-electron chi connectivity index (χ2n) is 10.6. The number of rotatable bonds is 6. The molecule has 210 valence electrons. The molecule has 0 saturated heterocycles. The number of anilines is 5. The molecule has 2 aromatic heterocycles. The van der Waals surface area contributed by atoms with E-state index in [-0.39, 0.29) is 11.9 Å². The zero-order valence-corrected chi connectivity index (χ0v) is 23.2. The number of aromatic amines is 1. The van der Waals surface area contributed by atoms with E-state index in [2.05, 4.69) is 33.2 Å². The molecule has 4 aromatic rings. The van der Waals surface area contributed by atoms with Crippen molar-refractivity contribution in [3.63, 3.8) is 0 Å². The number of hydrogen-bond acceptors (Lipinski definition) is 9. The quantitative estimate of drug-likeness (QED) is 0.322. The molecule has 0 bridgehead atoms. The highest BCUT2D eigenvalue weighted by Crippen LogP contribution is 2.43. The minimum atomic E-state index is -0.521. The number of carbonyl (C=O) groups is 1. The molecule has 1 aliphatic heterocycles. The maximum Gasteiger partial charge on any atom is 0.417 e. The number of carbonyl (C=O) groups excluding carboxylic acids is 1. The van der Waals surface area contributed by atoms with Gasteiger partial charge in [0.25, 0.3) is 5.91 Å². The minimum absolute atomic E-state index is 0.110. The van der Waals surface area contributed by atoms with Gasteiger partial charge in [0.05, 0.1) is 29.6 Å². The normalized spacial score (nSPS) is 20.5. The van der Waals surface area contributed by atoms with Crippen LogP contribution in [-0.2, 0) is 4.79 Å². The topological polar surface area (TPSA) is 140 Å². The van der Waals surface area contributed by atoms with Crippen LogP contribution in [0.1, 0.15) is 52.0 Å². The Labute approximate surface area is 236 Å². The fourth-order valence-corrected chi connectivity index (χ4v) is 5.84. The van der Waals surface area contributed by atoms with Crippen molar-refractivity contribution in [2.75, 3.05) is 21.7 Å². The fraction of sp³-hybridized carbons (Fsp3) is 0.367. The summed E-state index contributed by atoms with van der Waals surface area (Å²) in [5, 5.41) is 13.0. The van der Waals surface area contributed by atoms with Crippen LogP contribution in [0.2, 0.25) is 0 Å². The van der Waals surface area contributed by atoms with Crippen molar-refractivity contribution in [1.29, 1.82) is 5.26 Å². The highest BCUT2D eigenvalue weighted by molar-refractivity contribution is 6.10. The van der Waals surface area contributed by atoms with Gasteiger partial charge in [-0.15, -0.1) is 0 Å². The lowest BCUT2D eigenvalue weighted by molar-refractivity contribution is -0.119. The number of nitrogens with zero attached hydrogens (tertiary/aromatic N) is 5. The first kappa shape index (κ1) is 26.4. The number of H-pyrrole nitrogens is 1. The number of hydrogen-bond donors (Lipinski definition) is 2. The number of aromatic nitrogens is 3. The number of nitriles is 1. The maximum atomic E-state index is 14.0. The van der Waals surface area contributed by atoms with Crippen molar-refractivity contribution in [3.05, 3.63) is 58.7 Å². The van der Waals surface area contributed by atoms with E-state index in [1.807, 2.05) is 13.8 Å². The Morgan fingerprint density at radius 3 is 2.71 bits per heavy atom. The van der Waals surface area contributed by atoms with E-state index in [1.165, 1.54) is 0 Å². The second-order valence-corrected chi connectivity index (χ2v) is 10.6. The van der Waals surface area contributed by atoms with Gasteiger partial charge in [-0.25, -0.2) is 9.78 Å². The Hall–Kier alpha value is -4.85. The van der Waals surface area contributed by atoms with E-state index in [4.69, 9.17) is 14.1 Å². The highest BCUT2D eigenvalue weighted by Gasteiger charge is 2.42. The Morgan fingerprint density at radius 2 is 1.95 bits per heavy atom. The molecule has 1 saturated carbocycles. The SMILES string of the molecule is CCOc1ccc(N2C(=O)[C@@H](C)N([C@H]3CC[C@H](C)CC3)c3nc(Nc4ccc5[nH]c(=O)oc5c4)ncc32)cc1C#N. The number of oxazole rings is 1. The first-order chi connectivity index (χ1) is 19.9. The second kappa shape index (κ2) is 10.6. The van der Waals surface area contributed by atoms with Gasteiger partial charge >= 0.3 is 5.76 Å². The van der Waals surface area contributed by atoms with Gasteiger partial charge in [-0.2, -0.15) is 10.2 Å². The van der Waals surface area contributed by atoms with Gasteiger partial charge in [0.2, 0.25) is 5.95 Å². The van der Waals surface area contributed by atoms with Gasteiger partial charge in [-0.1, -0.05) is 6.92 Å². The van der Waals surface area contributed by atoms with Crippen molar-refractivity contribution in [2.45, 2.75) is 58.5 Å². The van der Waals surface area contributed by atoms with E-state index >= 15 is 0 Å². The summed E-state index contributed by atoms with van der Waals surface area (Å²) in [4.78, 5) is 41.4. The summed E-state index contributed by atoms with van der Waals surface area (Å²) in [6.45, 7) is 6.46. The molecule has 1 fully saturated rings. The molecule has 11 nitrogen and oxygen atoms in total. The van der Waals surface area contributed by atoms with Crippen LogP contribution in [0.4, 0.5) is 28.8 Å². The molecule has 6 rings (SSSR count). The Balaban J connectivity index is 1.43. The molecular formula is C30H31N7O4. The molecule has 1 aliphatic carbocycles. The van der Waals surface area contributed by atoms with Crippen LogP contribution in [0.3, 0.4) is 0 Å². The van der Waals surface area contributed by atoms with Crippen LogP contribution in [-0.4, -0.2) is 39.5 Å². The summed E-state index contributed by atoms with van der Waals surface area (Å²) < 4.78 is 10.8. The summed E-state index contributed by atoms with van der Waals surface area (Å²) >= 11 is 0. The van der Waals surface area contributed by atoms with Gasteiger partial charge in [0.15, 0.2) is 11.4 Å². The monoisotopic (exact) mass is 553 g/mol. The summed E-state index contributed by atoms with van der Waals surface area (Å²) in [6, 6.07) is 12.3. The summed E-state index contributed by atoms with van der Waals surface area (Å²) in [5.41, 5.74) is 3.13. The molecule has 0 radical (unpaired) electrons. The fourth-order valence-electron chi connectivity index (χ4n) is 5.84. The predicted molar refractivity (Wildman–Crippen MR) is 155 cm³/mol. The molecule has 0 spiro atoms. The number of fused-ring (bicyclic) bond motifs is 2. The number of amides is 1. The summed E-state index contributed by atoms with van der Waals surface area (Å²) in [5.74, 6) is 1.49. The molecule has 11 heteroatoms. The van der Waals surface area contributed by atoms with Crippen molar-refractivity contribution in [1.82, 2.24) is 15.0 Å². The first-order valence-electron chi connectivity index (χ1n) is 13.9. The molecular weight excluding hydrogens is 522 g/mol. The maximum absolute atomic E-state index is 14.0. The van der Waals surface area contributed by atoms with E-state index in [1.54, 1.807) is 47.5 Å². The summed E-state index contributed by atoms with van der Waals surface area (Å²) in [7, 11) is 0. The molecule has 0 unspecified atom stereocenters. The van der Waals surface area contributed by atoms with Crippen LogP contribution >= 0.6 is 0 Å². The van der Waals surface area contributed by atoms with Crippen LogP contribution in [0, 0.1) is 17.2 Å². The zero-order chi connectivity index (χ0) is 28.7. The minimum Gasteiger partial charge on any atom is -0.492 e. The Bertz CT molecular complexity index is 1710. The predicted octanol–water partition coefficient (Wildman–Crippen LogP) is 5.38. The van der Waals surface area contributed by atoms with Crippen LogP contribution in [0.25, 0.3) is 11.1 Å². The lowest BCUT2D eigenvalue weighted by Crippen LogP contribution is -2.55. The number of benzene rings is 2. The third-order valence-electron chi connectivity index (χ3n) is 7.93. The lowest BCUT2D eigenvalue weighted by atomic mass is 9.85. The van der Waals surface area contributed by atoms with Crippen molar-refractivity contribution < 1.29 is 13.9 Å². The van der Waals surface area contributed by atoms with E-state index < -0.39 is 11.8 Å². The van der Waals surface area contributed by atoms with Crippen LogP contribution < -0.4 is 25.6 Å².